The number of oxazole rings is 2. The summed E-state index contributed by atoms with van der Waals surface area (Å²) < 4.78 is 24.7. The maximum absolute atomic E-state index is 14.0. The molecule has 3 aliphatic heterocycles. The molecule has 1 spiro atoms. The number of rotatable bonds is 6. The highest BCUT2D eigenvalue weighted by atomic mass is 16.5. The number of fused-ring (bicyclic) bond motifs is 4. The molecule has 2 unspecified atom stereocenters. The van der Waals surface area contributed by atoms with Crippen LogP contribution in [-0.2, 0) is 34.6 Å². The predicted octanol–water partition coefficient (Wildman–Crippen LogP) is 4.96. The summed E-state index contributed by atoms with van der Waals surface area (Å²) in [6, 6.07) is 21.3. The number of amides is 2. The molecule has 3 aliphatic rings. The fourth-order valence-electron chi connectivity index (χ4n) is 6.84. The smallest absolute Gasteiger partial charge is 0.408 e. The van der Waals surface area contributed by atoms with E-state index >= 15 is 0 Å². The van der Waals surface area contributed by atoms with Crippen LogP contribution in [0.3, 0.4) is 0 Å². The molecule has 0 radical (unpaired) electrons. The summed E-state index contributed by atoms with van der Waals surface area (Å²) >= 11 is 0. The normalized spacial score (nSPS) is 22.0. The molecule has 0 saturated heterocycles. The van der Waals surface area contributed by atoms with Crippen molar-refractivity contribution in [2.45, 2.75) is 57.2 Å². The summed E-state index contributed by atoms with van der Waals surface area (Å²) in [7, 11) is 0. The number of nitrogens with zero attached hydrogens (tertiary/aromatic N) is 2. The quantitative estimate of drug-likeness (QED) is 0.198. The van der Waals surface area contributed by atoms with Crippen molar-refractivity contribution in [3.05, 3.63) is 119 Å². The lowest BCUT2D eigenvalue weighted by Crippen LogP contribution is -2.49. The van der Waals surface area contributed by atoms with Gasteiger partial charge in [0.2, 0.25) is 17.7 Å². The van der Waals surface area contributed by atoms with E-state index in [0.29, 0.717) is 22.9 Å². The molecule has 2 aromatic heterocycles. The van der Waals surface area contributed by atoms with Crippen molar-refractivity contribution in [2.24, 2.45) is 5.92 Å². The van der Waals surface area contributed by atoms with E-state index in [0.717, 1.165) is 27.9 Å². The standard InChI is InChI=1S/C36H33N5O7/c1-19(2)28-33-41-29(32-37-22(16-42)18-45-32)30(48-33)36-23-10-6-7-11-25(23)38-34(36)47-27-13-12-21(14-24(27)36)15-26(31(43)40-28)39-35(44)46-17-20-8-4-3-5-9-20/h3-14,18-19,26,28,34,38,42H,15-17H2,1-2H3,(H,39,44)(H,40,43)/t26-,28-,34?,36?/m0/s1. The zero-order valence-electron chi connectivity index (χ0n) is 26.2. The van der Waals surface area contributed by atoms with E-state index < -0.39 is 35.7 Å². The molecule has 48 heavy (non-hydrogen) atoms. The molecule has 3 aromatic carbocycles. The Labute approximate surface area is 275 Å². The van der Waals surface area contributed by atoms with Crippen LogP contribution < -0.4 is 20.7 Å². The second-order valence-corrected chi connectivity index (χ2v) is 12.6. The van der Waals surface area contributed by atoms with E-state index in [-0.39, 0.29) is 37.3 Å². The van der Waals surface area contributed by atoms with Crippen molar-refractivity contribution in [2.75, 3.05) is 5.32 Å². The molecule has 0 aliphatic carbocycles. The van der Waals surface area contributed by atoms with E-state index in [1.165, 1.54) is 6.26 Å². The number of aliphatic hydroxyl groups is 1. The summed E-state index contributed by atoms with van der Waals surface area (Å²) in [5.74, 6) is 0.863. The Morgan fingerprint density at radius 1 is 1.06 bits per heavy atom. The maximum atomic E-state index is 14.0. The number of aliphatic hydroxyl groups excluding tert-OH is 1. The van der Waals surface area contributed by atoms with Crippen LogP contribution in [0.2, 0.25) is 0 Å². The van der Waals surface area contributed by atoms with Gasteiger partial charge >= 0.3 is 6.09 Å². The van der Waals surface area contributed by atoms with Crippen LogP contribution in [0.1, 0.15) is 59.5 Å². The highest BCUT2D eigenvalue weighted by molar-refractivity contribution is 5.86. The van der Waals surface area contributed by atoms with Crippen molar-refractivity contribution in [3.8, 4) is 17.3 Å². The van der Waals surface area contributed by atoms with Crippen molar-refractivity contribution in [1.29, 1.82) is 0 Å². The Morgan fingerprint density at radius 3 is 2.67 bits per heavy atom. The number of para-hydroxylation sites is 1. The van der Waals surface area contributed by atoms with Crippen molar-refractivity contribution < 1.29 is 33.0 Å². The fourth-order valence-corrected chi connectivity index (χ4v) is 6.84. The molecule has 12 nitrogen and oxygen atoms in total. The second kappa shape index (κ2) is 11.6. The summed E-state index contributed by atoms with van der Waals surface area (Å²) in [6.07, 6.45) is 0.234. The third kappa shape index (κ3) is 4.79. The molecular formula is C36H33N5O7. The van der Waals surface area contributed by atoms with Gasteiger partial charge in [0, 0.05) is 17.7 Å². The summed E-state index contributed by atoms with van der Waals surface area (Å²) in [5, 5.41) is 19.2. The predicted molar refractivity (Wildman–Crippen MR) is 172 cm³/mol. The van der Waals surface area contributed by atoms with Crippen LogP contribution in [-0.4, -0.2) is 39.3 Å². The third-order valence-corrected chi connectivity index (χ3v) is 9.16. The van der Waals surface area contributed by atoms with Crippen LogP contribution in [0.25, 0.3) is 11.6 Å². The zero-order valence-corrected chi connectivity index (χ0v) is 26.2. The van der Waals surface area contributed by atoms with Gasteiger partial charge < -0.3 is 39.4 Å². The van der Waals surface area contributed by atoms with Gasteiger partial charge in [-0.1, -0.05) is 74.5 Å². The van der Waals surface area contributed by atoms with Crippen LogP contribution >= 0.6 is 0 Å². The molecule has 8 rings (SSSR count). The lowest BCUT2D eigenvalue weighted by atomic mass is 9.72. The van der Waals surface area contributed by atoms with Crippen LogP contribution in [0.15, 0.2) is 87.9 Å². The number of carbonyl (C=O) groups is 2. The number of hydrogen-bond acceptors (Lipinski definition) is 10. The first kappa shape index (κ1) is 29.8. The summed E-state index contributed by atoms with van der Waals surface area (Å²) in [4.78, 5) is 36.5. The van der Waals surface area contributed by atoms with Gasteiger partial charge in [-0.15, -0.1) is 0 Å². The van der Waals surface area contributed by atoms with Crippen molar-refractivity contribution in [1.82, 2.24) is 20.6 Å². The van der Waals surface area contributed by atoms with E-state index in [2.05, 4.69) is 20.9 Å². The SMILES string of the molecule is CC(C)[C@@H]1NC(=O)[C@@H](NC(=O)OCc2ccccc2)Cc2ccc3c(c2)C2(c4ccccc4NC2O3)c2oc1nc2-c1nc(CO)co1. The second-order valence-electron chi connectivity index (χ2n) is 12.6. The molecule has 5 aromatic rings. The van der Waals surface area contributed by atoms with Gasteiger partial charge in [0.15, 0.2) is 17.7 Å². The number of aromatic nitrogens is 2. The summed E-state index contributed by atoms with van der Waals surface area (Å²) in [5.41, 5.74) is 3.82. The maximum Gasteiger partial charge on any atom is 0.408 e. The molecule has 244 valence electrons. The molecular weight excluding hydrogens is 614 g/mol. The topological polar surface area (TPSA) is 161 Å². The highest BCUT2D eigenvalue weighted by Crippen LogP contribution is 2.59. The van der Waals surface area contributed by atoms with Gasteiger partial charge in [-0.05, 0) is 34.7 Å². The van der Waals surface area contributed by atoms with Gasteiger partial charge in [0.1, 0.15) is 41.8 Å². The number of ether oxygens (including phenoxy) is 2. The first-order chi connectivity index (χ1) is 23.3. The lowest BCUT2D eigenvalue weighted by molar-refractivity contribution is -0.124. The average Bonchev–Trinajstić information content (AvgIpc) is 3.87. The molecule has 2 amide bonds. The first-order valence-electron chi connectivity index (χ1n) is 15.9. The molecule has 4 bridgehead atoms. The van der Waals surface area contributed by atoms with Crippen molar-refractivity contribution in [3.63, 3.8) is 0 Å². The Morgan fingerprint density at radius 2 is 1.88 bits per heavy atom. The summed E-state index contributed by atoms with van der Waals surface area (Å²) in [6.45, 7) is 3.63. The molecule has 5 heterocycles. The largest absolute Gasteiger partial charge is 0.469 e. The van der Waals surface area contributed by atoms with E-state index in [9.17, 15) is 14.7 Å². The van der Waals surface area contributed by atoms with E-state index in [1.54, 1.807) is 0 Å². The molecule has 4 N–H and O–H groups in total. The van der Waals surface area contributed by atoms with Gasteiger partial charge in [-0.2, -0.15) is 0 Å². The minimum Gasteiger partial charge on any atom is -0.469 e. The molecule has 0 fully saturated rings. The number of benzene rings is 3. The number of alkyl carbamates (subject to hydrolysis) is 1. The van der Waals surface area contributed by atoms with Gasteiger partial charge in [-0.3, -0.25) is 4.79 Å². The van der Waals surface area contributed by atoms with Gasteiger partial charge in [-0.25, -0.2) is 14.8 Å². The minimum absolute atomic E-state index is 0.0583. The minimum atomic E-state index is -1.03. The van der Waals surface area contributed by atoms with Gasteiger partial charge in [0.05, 0.1) is 6.61 Å². The number of hydrogen-bond donors (Lipinski definition) is 4. The Kier molecular flexibility index (Phi) is 7.17. The Hall–Kier alpha value is -5.62. The fraction of sp³-hybridized carbons (Fsp3) is 0.278. The Balaban J connectivity index is 1.28. The lowest BCUT2D eigenvalue weighted by Gasteiger charge is -2.28. The number of anilines is 1. The van der Waals surface area contributed by atoms with Crippen LogP contribution in [0.5, 0.6) is 5.75 Å². The Bertz CT molecular complexity index is 2020. The number of carbonyl (C=O) groups excluding carboxylic acids is 2. The third-order valence-electron chi connectivity index (χ3n) is 9.16. The molecule has 12 heteroatoms. The van der Waals surface area contributed by atoms with E-state index in [1.807, 2.05) is 86.6 Å². The first-order valence-corrected chi connectivity index (χ1v) is 15.9. The monoisotopic (exact) mass is 647 g/mol. The average molecular weight is 648 g/mol. The zero-order chi connectivity index (χ0) is 33.0. The van der Waals surface area contributed by atoms with Crippen LogP contribution in [0.4, 0.5) is 10.5 Å². The number of nitrogens with one attached hydrogen (secondary N) is 3. The highest BCUT2D eigenvalue weighted by Gasteiger charge is 2.61. The van der Waals surface area contributed by atoms with Gasteiger partial charge in [0.25, 0.3) is 0 Å². The van der Waals surface area contributed by atoms with E-state index in [4.69, 9.17) is 23.3 Å². The molecule has 4 atom stereocenters. The van der Waals surface area contributed by atoms with Crippen LogP contribution in [0, 0.1) is 5.92 Å². The molecule has 0 saturated carbocycles. The van der Waals surface area contributed by atoms with Crippen molar-refractivity contribution >= 4 is 17.7 Å².